The number of hydrogen-bond donors (Lipinski definition) is 0. The quantitative estimate of drug-likeness (QED) is 0.621. The first-order valence-electron chi connectivity index (χ1n) is 5.79. The van der Waals surface area contributed by atoms with E-state index in [1.807, 2.05) is 30.3 Å². The predicted molar refractivity (Wildman–Crippen MR) is 72.1 cm³/mol. The Bertz CT molecular complexity index is 453. The van der Waals surface area contributed by atoms with E-state index in [4.69, 9.17) is 9.47 Å². The predicted octanol–water partition coefficient (Wildman–Crippen LogP) is 3.25. The van der Waals surface area contributed by atoms with Crippen LogP contribution < -0.4 is 0 Å². The molecule has 0 bridgehead atoms. The van der Waals surface area contributed by atoms with Crippen molar-refractivity contribution >= 4 is 21.9 Å². The maximum absolute atomic E-state index is 11.5. The van der Waals surface area contributed by atoms with E-state index in [1.54, 1.807) is 6.08 Å². The van der Waals surface area contributed by atoms with E-state index in [2.05, 4.69) is 22.9 Å². The minimum atomic E-state index is -0.611. The monoisotopic (exact) mass is 310 g/mol. The molecule has 0 amide bonds. The van der Waals surface area contributed by atoms with Crippen LogP contribution in [0.4, 0.5) is 0 Å². The zero-order valence-corrected chi connectivity index (χ0v) is 11.9. The van der Waals surface area contributed by atoms with Crippen molar-refractivity contribution in [3.63, 3.8) is 0 Å². The fraction of sp³-hybridized carbons (Fsp3) is 0.357. The number of benzene rings is 1. The zero-order valence-electron chi connectivity index (χ0n) is 10.3. The van der Waals surface area contributed by atoms with Crippen molar-refractivity contribution in [1.29, 1.82) is 0 Å². The van der Waals surface area contributed by atoms with Crippen LogP contribution in [0.1, 0.15) is 18.6 Å². The minimum absolute atomic E-state index is 0.118. The van der Waals surface area contributed by atoms with E-state index >= 15 is 0 Å². The summed E-state index contributed by atoms with van der Waals surface area (Å²) in [7, 11) is 1.37. The maximum Gasteiger partial charge on any atom is 0.339 e. The van der Waals surface area contributed by atoms with Gasteiger partial charge in [-0.25, -0.2) is 4.79 Å². The lowest BCUT2D eigenvalue weighted by molar-refractivity contribution is -0.156. The van der Waals surface area contributed by atoms with Gasteiger partial charge in [-0.05, 0) is 23.8 Å². The highest BCUT2D eigenvalue weighted by Crippen LogP contribution is 2.33. The topological polar surface area (TPSA) is 35.5 Å². The molecular weight excluding hydrogens is 296 g/mol. The van der Waals surface area contributed by atoms with E-state index in [9.17, 15) is 4.79 Å². The summed E-state index contributed by atoms with van der Waals surface area (Å²) in [5.41, 5.74) is 1.06. The molecule has 0 saturated heterocycles. The fourth-order valence-electron chi connectivity index (χ4n) is 1.99. The van der Waals surface area contributed by atoms with Gasteiger partial charge in [-0.15, -0.1) is 0 Å². The second-order valence-corrected chi connectivity index (χ2v) is 5.21. The van der Waals surface area contributed by atoms with Gasteiger partial charge in [0.1, 0.15) is 0 Å². The third-order valence-electron chi connectivity index (χ3n) is 2.99. The normalized spacial score (nSPS) is 26.9. The highest BCUT2D eigenvalue weighted by molar-refractivity contribution is 9.10. The van der Waals surface area contributed by atoms with Crippen molar-refractivity contribution < 1.29 is 14.3 Å². The molecule has 1 aliphatic rings. The first kappa shape index (κ1) is 13.3. The first-order chi connectivity index (χ1) is 8.61. The molecule has 96 valence electrons. The second kappa shape index (κ2) is 5.67. The molecule has 0 N–H and O–H groups in total. The van der Waals surface area contributed by atoms with Gasteiger partial charge in [0.15, 0.2) is 6.10 Å². The Hall–Kier alpha value is -1.13. The SMILES string of the molecule is COC(=O)[C@@H]1C=C[C@H](C)[C@@H](c2ccc(Br)cc2)O1. The Morgan fingerprint density at radius 3 is 2.56 bits per heavy atom. The Labute approximate surface area is 115 Å². The molecule has 0 radical (unpaired) electrons. The molecular formula is C14H15BrO3. The van der Waals surface area contributed by atoms with Crippen LogP contribution in [0.15, 0.2) is 40.9 Å². The number of carbonyl (C=O) groups is 1. The van der Waals surface area contributed by atoms with Crippen LogP contribution in [-0.4, -0.2) is 19.2 Å². The molecule has 4 heteroatoms. The molecule has 1 aromatic rings. The van der Waals surface area contributed by atoms with Crippen LogP contribution in [0.5, 0.6) is 0 Å². The molecule has 0 aliphatic carbocycles. The van der Waals surface area contributed by atoms with Gasteiger partial charge in [0.25, 0.3) is 0 Å². The van der Waals surface area contributed by atoms with Gasteiger partial charge >= 0.3 is 5.97 Å². The molecule has 1 aliphatic heterocycles. The van der Waals surface area contributed by atoms with Crippen LogP contribution in [0.25, 0.3) is 0 Å². The number of methoxy groups -OCH3 is 1. The fourth-order valence-corrected chi connectivity index (χ4v) is 2.25. The summed E-state index contributed by atoms with van der Waals surface area (Å²) in [5, 5.41) is 0. The minimum Gasteiger partial charge on any atom is -0.467 e. The highest BCUT2D eigenvalue weighted by Gasteiger charge is 2.29. The van der Waals surface area contributed by atoms with Crippen LogP contribution in [-0.2, 0) is 14.3 Å². The third kappa shape index (κ3) is 2.82. The summed E-state index contributed by atoms with van der Waals surface area (Å²) in [6.07, 6.45) is 3.02. The first-order valence-corrected chi connectivity index (χ1v) is 6.58. The summed E-state index contributed by atoms with van der Waals surface area (Å²) in [5.74, 6) is -0.132. The van der Waals surface area contributed by atoms with E-state index in [1.165, 1.54) is 7.11 Å². The average molecular weight is 311 g/mol. The number of esters is 1. The lowest BCUT2D eigenvalue weighted by Crippen LogP contribution is -2.30. The zero-order chi connectivity index (χ0) is 13.1. The van der Waals surface area contributed by atoms with Crippen LogP contribution in [0, 0.1) is 5.92 Å². The molecule has 1 heterocycles. The van der Waals surface area contributed by atoms with Crippen molar-refractivity contribution in [1.82, 2.24) is 0 Å². The van der Waals surface area contributed by atoms with Crippen molar-refractivity contribution in [2.45, 2.75) is 19.1 Å². The van der Waals surface area contributed by atoms with Crippen molar-refractivity contribution in [2.75, 3.05) is 7.11 Å². The number of carbonyl (C=O) groups excluding carboxylic acids is 1. The summed E-state index contributed by atoms with van der Waals surface area (Å²) >= 11 is 3.40. The van der Waals surface area contributed by atoms with E-state index in [-0.39, 0.29) is 18.0 Å². The Morgan fingerprint density at radius 2 is 1.94 bits per heavy atom. The number of ether oxygens (including phenoxy) is 2. The summed E-state index contributed by atoms with van der Waals surface area (Å²) < 4.78 is 11.5. The van der Waals surface area contributed by atoms with Gasteiger partial charge in [-0.2, -0.15) is 0 Å². The lowest BCUT2D eigenvalue weighted by atomic mass is 9.94. The Balaban J connectivity index is 2.20. The molecule has 0 saturated carbocycles. The van der Waals surface area contributed by atoms with Crippen molar-refractivity contribution in [3.05, 3.63) is 46.5 Å². The Morgan fingerprint density at radius 1 is 1.28 bits per heavy atom. The standard InChI is InChI=1S/C14H15BrO3/c1-9-3-8-12(14(16)17-2)18-13(9)10-4-6-11(15)7-5-10/h3-9,12-13H,1-2H3/t9-,12-,13-/m0/s1. The van der Waals surface area contributed by atoms with Crippen LogP contribution in [0.3, 0.4) is 0 Å². The van der Waals surface area contributed by atoms with Crippen molar-refractivity contribution in [3.8, 4) is 0 Å². The second-order valence-electron chi connectivity index (χ2n) is 4.30. The van der Waals surface area contributed by atoms with E-state index in [0.29, 0.717) is 0 Å². The lowest BCUT2D eigenvalue weighted by Gasteiger charge is -2.29. The maximum atomic E-state index is 11.5. The molecule has 3 nitrogen and oxygen atoms in total. The summed E-state index contributed by atoms with van der Waals surface area (Å²) in [6, 6.07) is 7.94. The number of halogens is 1. The summed E-state index contributed by atoms with van der Waals surface area (Å²) in [6.45, 7) is 2.07. The smallest absolute Gasteiger partial charge is 0.339 e. The van der Waals surface area contributed by atoms with Gasteiger partial charge in [-0.3, -0.25) is 0 Å². The van der Waals surface area contributed by atoms with Crippen molar-refractivity contribution in [2.24, 2.45) is 5.92 Å². The molecule has 2 rings (SSSR count). The van der Waals surface area contributed by atoms with E-state index in [0.717, 1.165) is 10.0 Å². The molecule has 18 heavy (non-hydrogen) atoms. The summed E-state index contributed by atoms with van der Waals surface area (Å²) in [4.78, 5) is 11.5. The van der Waals surface area contributed by atoms with Gasteiger partial charge in [0.2, 0.25) is 0 Å². The third-order valence-corrected chi connectivity index (χ3v) is 3.52. The molecule has 1 aromatic carbocycles. The van der Waals surface area contributed by atoms with Crippen LogP contribution >= 0.6 is 15.9 Å². The van der Waals surface area contributed by atoms with Gasteiger partial charge in [0, 0.05) is 10.4 Å². The van der Waals surface area contributed by atoms with Gasteiger partial charge in [0.05, 0.1) is 13.2 Å². The van der Waals surface area contributed by atoms with Gasteiger partial charge < -0.3 is 9.47 Å². The van der Waals surface area contributed by atoms with Crippen LogP contribution in [0.2, 0.25) is 0 Å². The van der Waals surface area contributed by atoms with Gasteiger partial charge in [-0.1, -0.05) is 41.1 Å². The highest BCUT2D eigenvalue weighted by atomic mass is 79.9. The van der Waals surface area contributed by atoms with E-state index < -0.39 is 6.10 Å². The largest absolute Gasteiger partial charge is 0.467 e. The Kier molecular flexibility index (Phi) is 4.19. The number of rotatable bonds is 2. The molecule has 0 spiro atoms. The molecule has 0 unspecified atom stereocenters. The molecule has 0 fully saturated rings. The molecule has 0 aromatic heterocycles. The number of hydrogen-bond acceptors (Lipinski definition) is 3. The molecule has 3 atom stereocenters. The average Bonchev–Trinajstić information content (AvgIpc) is 2.39.